The Morgan fingerprint density at radius 2 is 1.60 bits per heavy atom. The number of rotatable bonds is 0. The molecule has 0 spiro atoms. The third-order valence-electron chi connectivity index (χ3n) is 0. The Bertz CT molecular complexity index is 22.4. The Kier molecular flexibility index (Phi) is 1.72. The van der Waals surface area contributed by atoms with Crippen molar-refractivity contribution in [2.75, 3.05) is 0 Å². The van der Waals surface area contributed by atoms with E-state index in [0.717, 1.165) is 23.0 Å². The number of hydrogen-bond acceptors (Lipinski definition) is 1. The summed E-state index contributed by atoms with van der Waals surface area (Å²) in [7, 11) is 0. The molecule has 0 fully saturated rings. The van der Waals surface area contributed by atoms with Gasteiger partial charge in [0.25, 0.3) is 0 Å². The van der Waals surface area contributed by atoms with Crippen LogP contribution in [0.1, 0.15) is 13.8 Å². The van der Waals surface area contributed by atoms with E-state index in [-0.39, 0.29) is 3.55 Å². The van der Waals surface area contributed by atoms with Crippen molar-refractivity contribution in [2.24, 2.45) is 0 Å². The molecule has 0 radical (unpaired) electrons. The first-order valence-electron chi connectivity index (χ1n) is 1.51. The molecule has 1 nitrogen and oxygen atoms in total. The molecule has 0 aromatic heterocycles. The van der Waals surface area contributed by atoms with Crippen LogP contribution < -0.4 is 0 Å². The molecule has 0 saturated carbocycles. The maximum absolute atomic E-state index is 8.58. The van der Waals surface area contributed by atoms with Crippen LogP contribution in [0.25, 0.3) is 0 Å². The van der Waals surface area contributed by atoms with Gasteiger partial charge in [-0.2, -0.15) is 0 Å². The van der Waals surface area contributed by atoms with Crippen molar-refractivity contribution < 1.29 is 5.11 Å². The second kappa shape index (κ2) is 1.48. The van der Waals surface area contributed by atoms with Crippen LogP contribution in [-0.4, -0.2) is 31.7 Å². The number of aliphatic hydroxyl groups is 1. The van der Waals surface area contributed by atoms with Crippen molar-refractivity contribution >= 4 is 23.0 Å². The van der Waals surface area contributed by atoms with Gasteiger partial charge in [0.2, 0.25) is 0 Å². The van der Waals surface area contributed by atoms with Crippen LogP contribution in [0.3, 0.4) is 0 Å². The average Bonchev–Trinajstić information content (AvgIpc) is 0.722. The molecule has 0 unspecified atom stereocenters. The first-order valence-corrected chi connectivity index (χ1v) is 3.16. The van der Waals surface area contributed by atoms with Gasteiger partial charge < -0.3 is 0 Å². The Morgan fingerprint density at radius 1 is 1.60 bits per heavy atom. The van der Waals surface area contributed by atoms with Gasteiger partial charge in [-0.3, -0.25) is 0 Å². The van der Waals surface area contributed by atoms with E-state index in [0.29, 0.717) is 0 Å². The Hall–Kier alpha value is 0.778. The van der Waals surface area contributed by atoms with Crippen LogP contribution in [0.4, 0.5) is 0 Å². The zero-order valence-electron chi connectivity index (χ0n) is 3.52. The first kappa shape index (κ1) is 5.78. The van der Waals surface area contributed by atoms with Gasteiger partial charge >= 0.3 is 45.5 Å². The van der Waals surface area contributed by atoms with Gasteiger partial charge in [-0.15, -0.1) is 0 Å². The minimum atomic E-state index is -0.370. The van der Waals surface area contributed by atoms with Crippen LogP contribution in [0.2, 0.25) is 0 Å². The van der Waals surface area contributed by atoms with Gasteiger partial charge in [-0.1, -0.05) is 0 Å². The molecule has 1 N–H and O–H groups in total. The molecule has 0 heterocycles. The Morgan fingerprint density at radius 3 is 1.60 bits per heavy atom. The molecule has 0 bridgehead atoms. The zero-order chi connectivity index (χ0) is 4.50. The van der Waals surface area contributed by atoms with Gasteiger partial charge in [0.05, 0.1) is 0 Å². The maximum atomic E-state index is 8.58. The zero-order valence-corrected chi connectivity index (χ0v) is 6.82. The van der Waals surface area contributed by atoms with E-state index in [1.54, 1.807) is 13.8 Å². The molecule has 0 aliphatic heterocycles. The van der Waals surface area contributed by atoms with Crippen molar-refractivity contribution in [1.29, 1.82) is 0 Å². The topological polar surface area (TPSA) is 20.2 Å². The molecule has 0 amide bonds. The van der Waals surface area contributed by atoms with E-state index in [1.165, 1.54) is 0 Å². The first-order chi connectivity index (χ1) is 2.00. The van der Waals surface area contributed by atoms with Crippen molar-refractivity contribution in [3.05, 3.63) is 0 Å². The quantitative estimate of drug-likeness (QED) is 0.494. The minimum absolute atomic E-state index is 0.370. The summed E-state index contributed by atoms with van der Waals surface area (Å²) in [6, 6.07) is 0. The second-order valence-electron chi connectivity index (χ2n) is 1.65. The summed E-state index contributed by atoms with van der Waals surface area (Å²) in [5, 5.41) is 8.58. The fraction of sp³-hybridized carbons (Fsp3) is 1.00. The fourth-order valence-electron chi connectivity index (χ4n) is 0. The van der Waals surface area contributed by atoms with Crippen LogP contribution in [0.15, 0.2) is 0 Å². The van der Waals surface area contributed by atoms with E-state index in [4.69, 9.17) is 5.11 Å². The van der Waals surface area contributed by atoms with Gasteiger partial charge in [0.15, 0.2) is 0 Å². The van der Waals surface area contributed by atoms with Gasteiger partial charge in [-0.25, -0.2) is 0 Å². The van der Waals surface area contributed by atoms with Gasteiger partial charge in [0.1, 0.15) is 0 Å². The molecule has 0 saturated heterocycles. The van der Waals surface area contributed by atoms with Crippen molar-refractivity contribution in [1.82, 2.24) is 0 Å². The molecule has 32 valence electrons. The summed E-state index contributed by atoms with van der Waals surface area (Å²) in [4.78, 5) is 0. The molecule has 0 aromatic rings. The Labute approximate surface area is 45.9 Å². The standard InChI is InChI=1S/C3H7O.Sb.2H/c1-3(2)4;;;/h4H,1-2H3;;;. The fourth-order valence-corrected chi connectivity index (χ4v) is 0. The van der Waals surface area contributed by atoms with Crippen LogP contribution in [0, 0.1) is 0 Å². The predicted molar refractivity (Wildman–Crippen MR) is 24.8 cm³/mol. The second-order valence-corrected chi connectivity index (χ2v) is 5.69. The van der Waals surface area contributed by atoms with Crippen molar-refractivity contribution in [2.45, 2.75) is 17.4 Å². The van der Waals surface area contributed by atoms with Gasteiger partial charge in [-0.05, 0) is 0 Å². The van der Waals surface area contributed by atoms with Crippen LogP contribution in [0.5, 0.6) is 0 Å². The molecule has 0 aromatic carbocycles. The predicted octanol–water partition coefficient (Wildman–Crippen LogP) is -0.652. The summed E-state index contributed by atoms with van der Waals surface area (Å²) in [5.41, 5.74) is 0. The van der Waals surface area contributed by atoms with Gasteiger partial charge in [0, 0.05) is 0 Å². The SMILES string of the molecule is C[C](C)(O)[SbH2]. The molecule has 0 aliphatic rings. The summed E-state index contributed by atoms with van der Waals surface area (Å²) in [6.45, 7) is 3.60. The van der Waals surface area contributed by atoms with E-state index >= 15 is 0 Å². The third kappa shape index (κ3) is 60.9. The normalized spacial score (nSPS) is 12.0. The molecular formula is C3H9OSb. The van der Waals surface area contributed by atoms with Crippen molar-refractivity contribution in [3.63, 3.8) is 0 Å². The van der Waals surface area contributed by atoms with E-state index in [1.807, 2.05) is 0 Å². The molecule has 0 rings (SSSR count). The Balaban J connectivity index is 3.02. The van der Waals surface area contributed by atoms with Crippen LogP contribution in [-0.2, 0) is 0 Å². The summed E-state index contributed by atoms with van der Waals surface area (Å²) < 4.78 is -0.370. The van der Waals surface area contributed by atoms with E-state index in [2.05, 4.69) is 0 Å². The summed E-state index contributed by atoms with van der Waals surface area (Å²) >= 11 is 0.920. The summed E-state index contributed by atoms with van der Waals surface area (Å²) in [6.07, 6.45) is 0. The summed E-state index contributed by atoms with van der Waals surface area (Å²) in [5.74, 6) is 0. The average molecular weight is 183 g/mol. The molecular weight excluding hydrogens is 174 g/mol. The van der Waals surface area contributed by atoms with E-state index < -0.39 is 0 Å². The van der Waals surface area contributed by atoms with Crippen LogP contribution >= 0.6 is 0 Å². The molecule has 5 heavy (non-hydrogen) atoms. The third-order valence-corrected chi connectivity index (χ3v) is 0. The molecule has 0 atom stereocenters. The van der Waals surface area contributed by atoms with E-state index in [9.17, 15) is 0 Å². The molecule has 2 heteroatoms. The monoisotopic (exact) mass is 182 g/mol. The van der Waals surface area contributed by atoms with Crippen molar-refractivity contribution in [3.8, 4) is 0 Å². The molecule has 0 aliphatic carbocycles. The number of hydrogen-bond donors (Lipinski definition) is 1.